The van der Waals surface area contributed by atoms with Crippen molar-refractivity contribution in [3.8, 4) is 5.75 Å². The molecule has 0 aromatic heterocycles. The third kappa shape index (κ3) is 2.95. The van der Waals surface area contributed by atoms with E-state index in [2.05, 4.69) is 20.7 Å². The van der Waals surface area contributed by atoms with Crippen molar-refractivity contribution in [1.82, 2.24) is 0 Å². The summed E-state index contributed by atoms with van der Waals surface area (Å²) in [4.78, 5) is 11.4. The van der Waals surface area contributed by atoms with Crippen LogP contribution < -0.4 is 4.74 Å². The summed E-state index contributed by atoms with van der Waals surface area (Å²) < 4.78 is 22.9. The second-order valence-electron chi connectivity index (χ2n) is 3.14. The maximum atomic E-state index is 13.2. The number of benzene rings is 1. The Kier molecular flexibility index (Phi) is 4.89. The van der Waals surface area contributed by atoms with Crippen LogP contribution in [0.25, 0.3) is 0 Å². The Bertz CT molecular complexity index is 422. The summed E-state index contributed by atoms with van der Waals surface area (Å²) in [6, 6.07) is 2.41. The van der Waals surface area contributed by atoms with Crippen LogP contribution in [-0.2, 0) is 9.53 Å². The predicted molar refractivity (Wildman–Crippen MR) is 62.2 cm³/mol. The molecule has 6 heteroatoms. The van der Waals surface area contributed by atoms with Crippen LogP contribution in [0.3, 0.4) is 0 Å². The van der Waals surface area contributed by atoms with Crippen LogP contribution in [0.5, 0.6) is 5.75 Å². The first-order valence-corrected chi connectivity index (χ1v) is 5.68. The van der Waals surface area contributed by atoms with Crippen LogP contribution in [0, 0.1) is 5.82 Å². The highest BCUT2D eigenvalue weighted by Gasteiger charge is 2.24. The molecular weight excluding hydrogens is 295 g/mol. The van der Waals surface area contributed by atoms with Gasteiger partial charge in [0.2, 0.25) is 0 Å². The highest BCUT2D eigenvalue weighted by molar-refractivity contribution is 9.10. The summed E-state index contributed by atoms with van der Waals surface area (Å²) in [5.74, 6) is -1.27. The van der Waals surface area contributed by atoms with Gasteiger partial charge in [-0.25, -0.2) is 9.18 Å². The van der Waals surface area contributed by atoms with Crippen molar-refractivity contribution in [2.24, 2.45) is 0 Å². The quantitative estimate of drug-likeness (QED) is 0.866. The van der Waals surface area contributed by atoms with E-state index in [1.807, 2.05) is 0 Å². The normalized spacial score (nSPS) is 12.1. The molecule has 1 unspecified atom stereocenters. The average molecular weight is 307 g/mol. The van der Waals surface area contributed by atoms with Gasteiger partial charge in [-0.15, -0.1) is 0 Å². The molecule has 0 spiro atoms. The number of carbonyl (C=O) groups is 1. The number of aliphatic hydroxyl groups excluding tert-OH is 1. The number of ether oxygens (including phenoxy) is 2. The summed E-state index contributed by atoms with van der Waals surface area (Å²) in [5, 5.41) is 9.75. The number of rotatable bonds is 4. The fraction of sp³-hybridized carbons (Fsp3) is 0.364. The number of aliphatic hydroxyl groups is 1. The van der Waals surface area contributed by atoms with E-state index < -0.39 is 17.9 Å². The molecule has 0 radical (unpaired) electrons. The number of hydrogen-bond acceptors (Lipinski definition) is 4. The second kappa shape index (κ2) is 5.97. The van der Waals surface area contributed by atoms with Gasteiger partial charge in [-0.3, -0.25) is 0 Å². The number of carbonyl (C=O) groups excluding carboxylic acids is 1. The fourth-order valence-electron chi connectivity index (χ4n) is 1.32. The molecule has 1 rings (SSSR count). The number of hydrogen-bond donors (Lipinski definition) is 1. The Hall–Kier alpha value is -1.14. The Morgan fingerprint density at radius 1 is 1.59 bits per heavy atom. The van der Waals surface area contributed by atoms with Gasteiger partial charge in [-0.2, -0.15) is 0 Å². The highest BCUT2D eigenvalue weighted by atomic mass is 79.9. The predicted octanol–water partition coefficient (Wildman–Crippen LogP) is 2.19. The molecule has 0 aliphatic heterocycles. The molecule has 0 heterocycles. The maximum absolute atomic E-state index is 13.2. The Balaban J connectivity index is 3.13. The zero-order valence-corrected chi connectivity index (χ0v) is 11.0. The Labute approximate surface area is 106 Å². The minimum atomic E-state index is -1.50. The summed E-state index contributed by atoms with van der Waals surface area (Å²) in [6.45, 7) is 1.78. The van der Waals surface area contributed by atoms with Gasteiger partial charge in [0.05, 0.1) is 18.2 Å². The lowest BCUT2D eigenvalue weighted by Gasteiger charge is -2.15. The van der Waals surface area contributed by atoms with Crippen LogP contribution in [-0.4, -0.2) is 24.8 Å². The Morgan fingerprint density at radius 2 is 2.24 bits per heavy atom. The van der Waals surface area contributed by atoms with E-state index in [9.17, 15) is 14.3 Å². The third-order valence-corrected chi connectivity index (χ3v) is 2.83. The molecule has 0 fully saturated rings. The SMILES string of the molecule is CCOC(=O)C(O)c1ccc(F)c(Br)c1OC. The zero-order valence-electron chi connectivity index (χ0n) is 9.37. The lowest BCUT2D eigenvalue weighted by atomic mass is 10.1. The third-order valence-electron chi connectivity index (χ3n) is 2.09. The van der Waals surface area contributed by atoms with E-state index >= 15 is 0 Å². The molecule has 0 aliphatic carbocycles. The molecule has 1 N–H and O–H groups in total. The lowest BCUT2D eigenvalue weighted by molar-refractivity contribution is -0.153. The highest BCUT2D eigenvalue weighted by Crippen LogP contribution is 2.35. The van der Waals surface area contributed by atoms with Gasteiger partial charge in [0.15, 0.2) is 6.10 Å². The number of esters is 1. The van der Waals surface area contributed by atoms with Crippen LogP contribution in [0.4, 0.5) is 4.39 Å². The van der Waals surface area contributed by atoms with Gasteiger partial charge >= 0.3 is 5.97 Å². The first kappa shape index (κ1) is 13.9. The fourth-order valence-corrected chi connectivity index (χ4v) is 1.84. The van der Waals surface area contributed by atoms with E-state index in [-0.39, 0.29) is 22.4 Å². The molecule has 0 aliphatic rings. The molecule has 1 aromatic carbocycles. The molecule has 0 saturated heterocycles. The van der Waals surface area contributed by atoms with Crippen molar-refractivity contribution in [1.29, 1.82) is 0 Å². The average Bonchev–Trinajstić information content (AvgIpc) is 2.31. The molecule has 17 heavy (non-hydrogen) atoms. The summed E-state index contributed by atoms with van der Waals surface area (Å²) in [7, 11) is 1.32. The first-order valence-electron chi connectivity index (χ1n) is 4.89. The maximum Gasteiger partial charge on any atom is 0.339 e. The molecule has 0 saturated carbocycles. The van der Waals surface area contributed by atoms with Crippen molar-refractivity contribution in [3.05, 3.63) is 28.0 Å². The van der Waals surface area contributed by atoms with E-state index in [1.165, 1.54) is 13.2 Å². The van der Waals surface area contributed by atoms with E-state index in [4.69, 9.17) is 4.74 Å². The van der Waals surface area contributed by atoms with Gasteiger partial charge in [0.25, 0.3) is 0 Å². The molecule has 0 bridgehead atoms. The zero-order chi connectivity index (χ0) is 13.0. The number of methoxy groups -OCH3 is 1. The minimum Gasteiger partial charge on any atom is -0.495 e. The minimum absolute atomic E-state index is 0.0563. The van der Waals surface area contributed by atoms with Crippen molar-refractivity contribution in [2.45, 2.75) is 13.0 Å². The molecule has 4 nitrogen and oxygen atoms in total. The summed E-state index contributed by atoms with van der Waals surface area (Å²) in [6.07, 6.45) is -1.50. The van der Waals surface area contributed by atoms with Gasteiger partial charge in [0.1, 0.15) is 11.6 Å². The topological polar surface area (TPSA) is 55.8 Å². The largest absolute Gasteiger partial charge is 0.495 e. The van der Waals surface area contributed by atoms with Crippen LogP contribution in [0.15, 0.2) is 16.6 Å². The van der Waals surface area contributed by atoms with Crippen molar-refractivity contribution < 1.29 is 23.8 Å². The standard InChI is InChI=1S/C11H12BrFO4/c1-3-17-11(15)9(14)6-4-5-7(13)8(12)10(6)16-2/h4-5,9,14H,3H2,1-2H3. The smallest absolute Gasteiger partial charge is 0.339 e. The second-order valence-corrected chi connectivity index (χ2v) is 3.93. The van der Waals surface area contributed by atoms with Crippen LogP contribution in [0.2, 0.25) is 0 Å². The van der Waals surface area contributed by atoms with E-state index in [0.717, 1.165) is 6.07 Å². The molecular formula is C11H12BrFO4. The van der Waals surface area contributed by atoms with Gasteiger partial charge in [0, 0.05) is 5.56 Å². The molecule has 1 aromatic rings. The van der Waals surface area contributed by atoms with Gasteiger partial charge in [-0.05, 0) is 35.0 Å². The van der Waals surface area contributed by atoms with Crippen molar-refractivity contribution >= 4 is 21.9 Å². The Morgan fingerprint density at radius 3 is 2.76 bits per heavy atom. The first-order chi connectivity index (χ1) is 8.02. The monoisotopic (exact) mass is 306 g/mol. The number of halogens is 2. The van der Waals surface area contributed by atoms with Crippen molar-refractivity contribution in [3.63, 3.8) is 0 Å². The molecule has 0 amide bonds. The van der Waals surface area contributed by atoms with Gasteiger partial charge < -0.3 is 14.6 Å². The lowest BCUT2D eigenvalue weighted by Crippen LogP contribution is -2.16. The van der Waals surface area contributed by atoms with Gasteiger partial charge in [-0.1, -0.05) is 0 Å². The van der Waals surface area contributed by atoms with E-state index in [1.54, 1.807) is 6.92 Å². The van der Waals surface area contributed by atoms with Crippen molar-refractivity contribution in [2.75, 3.05) is 13.7 Å². The van der Waals surface area contributed by atoms with Crippen LogP contribution in [0.1, 0.15) is 18.6 Å². The summed E-state index contributed by atoms with van der Waals surface area (Å²) in [5.41, 5.74) is 0.152. The summed E-state index contributed by atoms with van der Waals surface area (Å²) >= 11 is 2.98. The van der Waals surface area contributed by atoms with Crippen LogP contribution >= 0.6 is 15.9 Å². The van der Waals surface area contributed by atoms with E-state index in [0.29, 0.717) is 0 Å². The molecule has 94 valence electrons. The molecule has 1 atom stereocenters.